The van der Waals surface area contributed by atoms with Gasteiger partial charge in [0.05, 0.1) is 6.61 Å². The van der Waals surface area contributed by atoms with E-state index in [1.54, 1.807) is 0 Å². The fourth-order valence-corrected chi connectivity index (χ4v) is 1.54. The predicted octanol–water partition coefficient (Wildman–Crippen LogP) is 0.761. The lowest BCUT2D eigenvalue weighted by atomic mass is 10.3. The van der Waals surface area contributed by atoms with Crippen LogP contribution >= 0.6 is 0 Å². The summed E-state index contributed by atoms with van der Waals surface area (Å²) in [4.78, 5) is 4.30. The molecule has 1 fully saturated rings. The molecule has 14 heavy (non-hydrogen) atoms. The molecule has 1 saturated heterocycles. The van der Waals surface area contributed by atoms with Gasteiger partial charge in [-0.3, -0.25) is 10.3 Å². The first-order chi connectivity index (χ1) is 6.77. The van der Waals surface area contributed by atoms with Crippen molar-refractivity contribution in [3.05, 3.63) is 12.7 Å². The number of hydrogen-bond donors (Lipinski definition) is 1. The highest BCUT2D eigenvalue weighted by molar-refractivity contribution is 5.70. The van der Waals surface area contributed by atoms with Crippen molar-refractivity contribution in [1.82, 2.24) is 9.80 Å². The van der Waals surface area contributed by atoms with Crippen molar-refractivity contribution in [3.63, 3.8) is 0 Å². The molecule has 1 rings (SSSR count). The monoisotopic (exact) mass is 197 g/mol. The first-order valence-electron chi connectivity index (χ1n) is 5.07. The van der Waals surface area contributed by atoms with Crippen LogP contribution in [-0.4, -0.2) is 55.2 Å². The van der Waals surface area contributed by atoms with Gasteiger partial charge >= 0.3 is 0 Å². The van der Waals surface area contributed by atoms with Gasteiger partial charge in [-0.1, -0.05) is 6.08 Å². The van der Waals surface area contributed by atoms with Crippen LogP contribution in [0.3, 0.4) is 0 Å². The second-order valence-corrected chi connectivity index (χ2v) is 3.31. The SMILES string of the molecule is C=CCN1CCN(C(=N)OCC)CC1. The second-order valence-electron chi connectivity index (χ2n) is 3.31. The molecule has 0 aromatic rings. The van der Waals surface area contributed by atoms with Gasteiger partial charge < -0.3 is 9.64 Å². The van der Waals surface area contributed by atoms with Crippen molar-refractivity contribution in [3.8, 4) is 0 Å². The van der Waals surface area contributed by atoms with E-state index in [1.807, 2.05) is 17.9 Å². The third-order valence-corrected chi connectivity index (χ3v) is 2.33. The Bertz CT molecular complexity index is 198. The fourth-order valence-electron chi connectivity index (χ4n) is 1.54. The molecule has 1 aliphatic heterocycles. The Morgan fingerprint density at radius 2 is 2.07 bits per heavy atom. The minimum absolute atomic E-state index is 0.311. The summed E-state index contributed by atoms with van der Waals surface area (Å²) in [6.45, 7) is 10.9. The average Bonchev–Trinajstić information content (AvgIpc) is 2.20. The van der Waals surface area contributed by atoms with Crippen LogP contribution in [0.1, 0.15) is 6.92 Å². The summed E-state index contributed by atoms with van der Waals surface area (Å²) in [5, 5.41) is 7.62. The zero-order chi connectivity index (χ0) is 10.4. The van der Waals surface area contributed by atoms with E-state index in [1.165, 1.54) is 0 Å². The molecule has 0 saturated carbocycles. The van der Waals surface area contributed by atoms with Crippen LogP contribution in [0.2, 0.25) is 0 Å². The Labute approximate surface area is 85.6 Å². The number of nitrogens with zero attached hydrogens (tertiary/aromatic N) is 2. The van der Waals surface area contributed by atoms with Gasteiger partial charge in [0.1, 0.15) is 0 Å². The molecule has 80 valence electrons. The van der Waals surface area contributed by atoms with Gasteiger partial charge in [0.15, 0.2) is 0 Å². The van der Waals surface area contributed by atoms with Gasteiger partial charge in [-0.25, -0.2) is 0 Å². The van der Waals surface area contributed by atoms with Crippen LogP contribution in [0, 0.1) is 5.41 Å². The minimum atomic E-state index is 0.311. The number of amidine groups is 1. The molecule has 0 spiro atoms. The number of rotatable bonds is 3. The van der Waals surface area contributed by atoms with Crippen LogP contribution in [0.5, 0.6) is 0 Å². The van der Waals surface area contributed by atoms with Crippen molar-refractivity contribution in [2.45, 2.75) is 6.92 Å². The quantitative estimate of drug-likeness (QED) is 0.412. The van der Waals surface area contributed by atoms with Gasteiger partial charge in [-0.2, -0.15) is 0 Å². The van der Waals surface area contributed by atoms with Crippen molar-refractivity contribution >= 4 is 6.02 Å². The standard InChI is InChI=1S/C10H19N3O/c1-3-5-12-6-8-13(9-7-12)10(11)14-4-2/h3,11H,1,4-9H2,2H3. The molecule has 0 unspecified atom stereocenters. The smallest absolute Gasteiger partial charge is 0.284 e. The summed E-state index contributed by atoms with van der Waals surface area (Å²) in [5.74, 6) is 0. The average molecular weight is 197 g/mol. The number of piperazine rings is 1. The van der Waals surface area contributed by atoms with Crippen LogP contribution in [0.4, 0.5) is 0 Å². The summed E-state index contributed by atoms with van der Waals surface area (Å²) < 4.78 is 5.15. The van der Waals surface area contributed by atoms with Crippen LogP contribution < -0.4 is 0 Å². The van der Waals surface area contributed by atoms with Crippen molar-refractivity contribution in [2.75, 3.05) is 39.3 Å². The van der Waals surface area contributed by atoms with Gasteiger partial charge in [0, 0.05) is 32.7 Å². The van der Waals surface area contributed by atoms with Gasteiger partial charge in [0.2, 0.25) is 0 Å². The zero-order valence-corrected chi connectivity index (χ0v) is 8.83. The van der Waals surface area contributed by atoms with Gasteiger partial charge in [-0.05, 0) is 6.92 Å². The molecule has 4 heteroatoms. The molecule has 0 aromatic carbocycles. The summed E-state index contributed by atoms with van der Waals surface area (Å²) in [7, 11) is 0. The first-order valence-corrected chi connectivity index (χ1v) is 5.07. The molecule has 0 amide bonds. The number of nitrogens with one attached hydrogen (secondary N) is 1. The van der Waals surface area contributed by atoms with Crippen molar-refractivity contribution in [2.24, 2.45) is 0 Å². The van der Waals surface area contributed by atoms with E-state index in [2.05, 4.69) is 11.5 Å². The molecule has 1 heterocycles. The lowest BCUT2D eigenvalue weighted by Gasteiger charge is -2.34. The summed E-state index contributed by atoms with van der Waals surface area (Å²) in [5.41, 5.74) is 0. The van der Waals surface area contributed by atoms with Crippen LogP contribution in [0.15, 0.2) is 12.7 Å². The highest BCUT2D eigenvalue weighted by Gasteiger charge is 2.18. The molecule has 0 aliphatic carbocycles. The Balaban J connectivity index is 2.27. The van der Waals surface area contributed by atoms with E-state index < -0.39 is 0 Å². The van der Waals surface area contributed by atoms with Crippen molar-refractivity contribution in [1.29, 1.82) is 5.41 Å². The summed E-state index contributed by atoms with van der Waals surface area (Å²) in [6.07, 6.45) is 1.92. The molecular weight excluding hydrogens is 178 g/mol. The van der Waals surface area contributed by atoms with Crippen molar-refractivity contribution < 1.29 is 4.74 Å². The zero-order valence-electron chi connectivity index (χ0n) is 8.83. The van der Waals surface area contributed by atoms with Gasteiger partial charge in [0.25, 0.3) is 6.02 Å². The number of hydrogen-bond acceptors (Lipinski definition) is 3. The maximum absolute atomic E-state index is 7.62. The number of ether oxygens (including phenoxy) is 1. The Kier molecular flexibility index (Phi) is 4.46. The first kappa shape index (κ1) is 11.0. The Morgan fingerprint density at radius 3 is 2.57 bits per heavy atom. The van der Waals surface area contributed by atoms with E-state index in [4.69, 9.17) is 10.1 Å². The second kappa shape index (κ2) is 5.65. The third-order valence-electron chi connectivity index (χ3n) is 2.33. The predicted molar refractivity (Wildman–Crippen MR) is 57.6 cm³/mol. The van der Waals surface area contributed by atoms with E-state index >= 15 is 0 Å². The molecule has 1 N–H and O–H groups in total. The Hall–Kier alpha value is -1.03. The molecule has 0 atom stereocenters. The molecule has 0 radical (unpaired) electrons. The van der Waals surface area contributed by atoms with E-state index in [0.717, 1.165) is 32.7 Å². The van der Waals surface area contributed by atoms with Crippen LogP contribution in [0.25, 0.3) is 0 Å². The van der Waals surface area contributed by atoms with E-state index in [9.17, 15) is 0 Å². The van der Waals surface area contributed by atoms with Gasteiger partial charge in [-0.15, -0.1) is 6.58 Å². The molecule has 0 bridgehead atoms. The van der Waals surface area contributed by atoms with Crippen LogP contribution in [-0.2, 0) is 4.74 Å². The lowest BCUT2D eigenvalue weighted by molar-refractivity contribution is 0.159. The highest BCUT2D eigenvalue weighted by atomic mass is 16.5. The molecule has 1 aliphatic rings. The molecule has 0 aromatic heterocycles. The third kappa shape index (κ3) is 3.03. The minimum Gasteiger partial charge on any atom is -0.466 e. The summed E-state index contributed by atoms with van der Waals surface area (Å²) >= 11 is 0. The molecule has 4 nitrogen and oxygen atoms in total. The van der Waals surface area contributed by atoms with E-state index in [-0.39, 0.29) is 0 Å². The largest absolute Gasteiger partial charge is 0.466 e. The molecular formula is C10H19N3O. The topological polar surface area (TPSA) is 39.6 Å². The summed E-state index contributed by atoms with van der Waals surface area (Å²) in [6, 6.07) is 0.311. The maximum Gasteiger partial charge on any atom is 0.284 e. The highest BCUT2D eigenvalue weighted by Crippen LogP contribution is 2.02. The maximum atomic E-state index is 7.62. The Morgan fingerprint density at radius 1 is 1.43 bits per heavy atom. The van der Waals surface area contributed by atoms with E-state index in [0.29, 0.717) is 12.6 Å². The normalized spacial score (nSPS) is 17.9. The fraction of sp³-hybridized carbons (Fsp3) is 0.700. The lowest BCUT2D eigenvalue weighted by Crippen LogP contribution is -2.49.